The van der Waals surface area contributed by atoms with Crippen molar-refractivity contribution in [2.45, 2.75) is 25.8 Å². The number of halogens is 1. The molecule has 0 bridgehead atoms. The highest BCUT2D eigenvalue weighted by Gasteiger charge is 2.28. The van der Waals surface area contributed by atoms with Gasteiger partial charge in [-0.05, 0) is 55.0 Å². The molecular formula is C13H19ClN2O2S. The molecule has 0 radical (unpaired) electrons. The molecule has 1 aliphatic carbocycles. The van der Waals surface area contributed by atoms with Crippen molar-refractivity contribution in [3.05, 3.63) is 29.3 Å². The Balaban J connectivity index is 0.00000133. The summed E-state index contributed by atoms with van der Waals surface area (Å²) in [5.41, 5.74) is 3.23. The van der Waals surface area contributed by atoms with Crippen LogP contribution in [0.3, 0.4) is 0 Å². The summed E-state index contributed by atoms with van der Waals surface area (Å²) in [6, 6.07) is 5.84. The minimum atomic E-state index is -3.16. The molecule has 2 N–H and O–H groups in total. The van der Waals surface area contributed by atoms with Gasteiger partial charge in [0.2, 0.25) is 10.0 Å². The van der Waals surface area contributed by atoms with Gasteiger partial charge in [-0.3, -0.25) is 4.72 Å². The molecule has 6 heteroatoms. The summed E-state index contributed by atoms with van der Waals surface area (Å²) < 4.78 is 26.5. The number of sulfonamides is 1. The molecule has 1 aromatic carbocycles. The minimum absolute atomic E-state index is 0. The summed E-state index contributed by atoms with van der Waals surface area (Å²) in [5, 5.41) is 3.30. The molecule has 0 aromatic heterocycles. The molecule has 1 heterocycles. The van der Waals surface area contributed by atoms with Crippen molar-refractivity contribution >= 4 is 28.1 Å². The van der Waals surface area contributed by atoms with E-state index in [9.17, 15) is 8.42 Å². The molecule has 0 unspecified atom stereocenters. The highest BCUT2D eigenvalue weighted by Crippen LogP contribution is 2.31. The van der Waals surface area contributed by atoms with E-state index in [0.717, 1.165) is 32.4 Å². The van der Waals surface area contributed by atoms with E-state index in [1.54, 1.807) is 0 Å². The maximum atomic E-state index is 11.9. The Bertz CT molecular complexity index is 556. The molecule has 19 heavy (non-hydrogen) atoms. The lowest BCUT2D eigenvalue weighted by molar-refractivity contribution is 0.597. The van der Waals surface area contributed by atoms with Crippen LogP contribution in [-0.4, -0.2) is 20.7 Å². The molecule has 1 fully saturated rings. The van der Waals surface area contributed by atoms with Crippen LogP contribution >= 0.6 is 12.4 Å². The van der Waals surface area contributed by atoms with Gasteiger partial charge in [-0.1, -0.05) is 6.07 Å². The summed E-state index contributed by atoms with van der Waals surface area (Å²) >= 11 is 0. The van der Waals surface area contributed by atoms with Crippen molar-refractivity contribution in [3.8, 4) is 0 Å². The molecule has 1 saturated carbocycles. The number of anilines is 1. The molecule has 0 atom stereocenters. The average molecular weight is 303 g/mol. The molecule has 1 aliphatic heterocycles. The summed E-state index contributed by atoms with van der Waals surface area (Å²) in [6.45, 7) is 1.84. The molecule has 2 aliphatic rings. The number of hydrogen-bond donors (Lipinski definition) is 2. The molecule has 106 valence electrons. The number of nitrogens with one attached hydrogen (secondary N) is 2. The van der Waals surface area contributed by atoms with Crippen LogP contribution in [0.5, 0.6) is 0 Å². The van der Waals surface area contributed by atoms with Gasteiger partial charge in [0, 0.05) is 12.2 Å². The predicted octanol–water partition coefficient (Wildman–Crippen LogP) is 1.91. The van der Waals surface area contributed by atoms with Gasteiger partial charge in [0.05, 0.1) is 5.75 Å². The van der Waals surface area contributed by atoms with Crippen molar-refractivity contribution in [1.82, 2.24) is 5.32 Å². The van der Waals surface area contributed by atoms with E-state index in [2.05, 4.69) is 10.0 Å². The average Bonchev–Trinajstić information content (AvgIpc) is 3.11. The Morgan fingerprint density at radius 1 is 1.26 bits per heavy atom. The zero-order chi connectivity index (χ0) is 12.6. The first-order chi connectivity index (χ1) is 8.62. The fraction of sp³-hybridized carbons (Fsp3) is 0.538. The Kier molecular flexibility index (Phi) is 4.38. The zero-order valence-electron chi connectivity index (χ0n) is 10.7. The van der Waals surface area contributed by atoms with Gasteiger partial charge in [-0.25, -0.2) is 8.42 Å². The normalized spacial score (nSPS) is 18.3. The van der Waals surface area contributed by atoms with Crippen LogP contribution in [0, 0.1) is 5.92 Å². The summed E-state index contributed by atoms with van der Waals surface area (Å²) in [5.74, 6) is 0.648. The zero-order valence-corrected chi connectivity index (χ0v) is 12.3. The largest absolute Gasteiger partial charge is 0.312 e. The Morgan fingerprint density at radius 3 is 2.79 bits per heavy atom. The maximum absolute atomic E-state index is 11.9. The fourth-order valence-electron chi connectivity index (χ4n) is 2.36. The van der Waals surface area contributed by atoms with Gasteiger partial charge in [0.15, 0.2) is 0 Å². The first-order valence-electron chi connectivity index (χ1n) is 6.45. The SMILES string of the molecule is Cl.O=S(=O)(CC1CC1)Nc1ccc2c(c1)CCNC2. The van der Waals surface area contributed by atoms with E-state index in [1.165, 1.54) is 11.1 Å². The van der Waals surface area contributed by atoms with E-state index in [4.69, 9.17) is 0 Å². The van der Waals surface area contributed by atoms with E-state index in [-0.39, 0.29) is 18.2 Å². The second-order valence-electron chi connectivity index (χ2n) is 5.24. The standard InChI is InChI=1S/C13H18N2O2S.ClH/c16-18(17,9-10-1-2-10)15-13-4-3-12-8-14-6-5-11(12)7-13;/h3-4,7,10,14-15H,1-2,5-6,8-9H2;1H. The van der Waals surface area contributed by atoms with Crippen LogP contribution in [0.4, 0.5) is 5.69 Å². The monoisotopic (exact) mass is 302 g/mol. The first-order valence-corrected chi connectivity index (χ1v) is 8.11. The topological polar surface area (TPSA) is 58.2 Å². The second-order valence-corrected chi connectivity index (χ2v) is 7.00. The Labute approximate surface area is 120 Å². The van der Waals surface area contributed by atoms with Crippen LogP contribution in [0.25, 0.3) is 0 Å². The molecule has 0 spiro atoms. The summed E-state index contributed by atoms with van der Waals surface area (Å²) in [4.78, 5) is 0. The van der Waals surface area contributed by atoms with Gasteiger partial charge >= 0.3 is 0 Å². The molecule has 1 aromatic rings. The molecule has 4 nitrogen and oxygen atoms in total. The van der Waals surface area contributed by atoms with Crippen molar-refractivity contribution in [2.24, 2.45) is 5.92 Å². The minimum Gasteiger partial charge on any atom is -0.312 e. The van der Waals surface area contributed by atoms with Crippen LogP contribution in [-0.2, 0) is 23.0 Å². The lowest BCUT2D eigenvalue weighted by Crippen LogP contribution is -2.24. The lowest BCUT2D eigenvalue weighted by atomic mass is 10.0. The predicted molar refractivity (Wildman–Crippen MR) is 79.2 cm³/mol. The third-order valence-corrected chi connectivity index (χ3v) is 4.98. The number of fused-ring (bicyclic) bond motifs is 1. The number of rotatable bonds is 4. The highest BCUT2D eigenvalue weighted by molar-refractivity contribution is 7.92. The lowest BCUT2D eigenvalue weighted by Gasteiger charge is -2.18. The Hall–Kier alpha value is -0.780. The van der Waals surface area contributed by atoms with Crippen molar-refractivity contribution in [3.63, 3.8) is 0 Å². The van der Waals surface area contributed by atoms with Crippen molar-refractivity contribution < 1.29 is 8.42 Å². The van der Waals surface area contributed by atoms with Gasteiger partial charge < -0.3 is 5.32 Å². The van der Waals surface area contributed by atoms with Gasteiger partial charge in [-0.15, -0.1) is 12.4 Å². The van der Waals surface area contributed by atoms with Crippen LogP contribution < -0.4 is 10.0 Å². The number of benzene rings is 1. The third kappa shape index (κ3) is 3.84. The van der Waals surface area contributed by atoms with Crippen LogP contribution in [0.15, 0.2) is 18.2 Å². The quantitative estimate of drug-likeness (QED) is 0.893. The molecular weight excluding hydrogens is 284 g/mol. The molecule has 0 amide bonds. The van der Waals surface area contributed by atoms with E-state index in [0.29, 0.717) is 11.6 Å². The first kappa shape index (κ1) is 14.6. The van der Waals surface area contributed by atoms with E-state index >= 15 is 0 Å². The van der Waals surface area contributed by atoms with Crippen molar-refractivity contribution in [1.29, 1.82) is 0 Å². The van der Waals surface area contributed by atoms with E-state index in [1.807, 2.05) is 18.2 Å². The molecule has 0 saturated heterocycles. The smallest absolute Gasteiger partial charge is 0.232 e. The number of hydrogen-bond acceptors (Lipinski definition) is 3. The fourth-order valence-corrected chi connectivity index (χ4v) is 3.88. The Morgan fingerprint density at radius 2 is 2.05 bits per heavy atom. The van der Waals surface area contributed by atoms with Gasteiger partial charge in [0.25, 0.3) is 0 Å². The third-order valence-electron chi connectivity index (χ3n) is 3.52. The molecule has 3 rings (SSSR count). The van der Waals surface area contributed by atoms with Gasteiger partial charge in [-0.2, -0.15) is 0 Å². The highest BCUT2D eigenvalue weighted by atomic mass is 35.5. The summed E-state index contributed by atoms with van der Waals surface area (Å²) in [7, 11) is -3.16. The second kappa shape index (κ2) is 5.69. The van der Waals surface area contributed by atoms with Crippen molar-refractivity contribution in [2.75, 3.05) is 17.0 Å². The summed E-state index contributed by atoms with van der Waals surface area (Å²) in [6.07, 6.45) is 3.07. The van der Waals surface area contributed by atoms with E-state index < -0.39 is 10.0 Å². The van der Waals surface area contributed by atoms with Crippen LogP contribution in [0.2, 0.25) is 0 Å². The van der Waals surface area contributed by atoms with Crippen LogP contribution in [0.1, 0.15) is 24.0 Å². The maximum Gasteiger partial charge on any atom is 0.232 e. The van der Waals surface area contributed by atoms with Gasteiger partial charge in [0.1, 0.15) is 0 Å².